The van der Waals surface area contributed by atoms with Crippen LogP contribution in [-0.2, 0) is 4.74 Å². The molecule has 1 aromatic heterocycles. The van der Waals surface area contributed by atoms with Gasteiger partial charge in [0.15, 0.2) is 0 Å². The average Bonchev–Trinajstić information content (AvgIpc) is 2.81. The fourth-order valence-electron chi connectivity index (χ4n) is 1.81. The van der Waals surface area contributed by atoms with Crippen LogP contribution >= 0.6 is 11.3 Å². The second-order valence-electron chi connectivity index (χ2n) is 4.09. The van der Waals surface area contributed by atoms with E-state index < -0.39 is 0 Å². The predicted molar refractivity (Wildman–Crippen MR) is 62.4 cm³/mol. The SMILES string of the molecule is CC(CNC1CCCOC1)c1nccs1. The fraction of sp³-hybridized carbons (Fsp3) is 0.727. The summed E-state index contributed by atoms with van der Waals surface area (Å²) in [6, 6.07) is 0.543. The van der Waals surface area contributed by atoms with Crippen molar-refractivity contribution in [3.8, 4) is 0 Å². The first-order chi connectivity index (χ1) is 7.36. The summed E-state index contributed by atoms with van der Waals surface area (Å²) in [5.74, 6) is 0.506. The summed E-state index contributed by atoms with van der Waals surface area (Å²) in [4.78, 5) is 4.33. The van der Waals surface area contributed by atoms with Gasteiger partial charge in [-0.05, 0) is 12.8 Å². The molecule has 1 saturated heterocycles. The summed E-state index contributed by atoms with van der Waals surface area (Å²) < 4.78 is 5.43. The molecule has 3 nitrogen and oxygen atoms in total. The van der Waals surface area contributed by atoms with E-state index in [2.05, 4.69) is 17.2 Å². The van der Waals surface area contributed by atoms with Gasteiger partial charge >= 0.3 is 0 Å². The molecular formula is C11H18N2OS. The van der Waals surface area contributed by atoms with Gasteiger partial charge in [0.1, 0.15) is 0 Å². The van der Waals surface area contributed by atoms with Crippen molar-refractivity contribution in [1.82, 2.24) is 10.3 Å². The Morgan fingerprint density at radius 2 is 2.67 bits per heavy atom. The zero-order chi connectivity index (χ0) is 10.5. The molecule has 1 aliphatic rings. The number of nitrogens with zero attached hydrogens (tertiary/aromatic N) is 1. The summed E-state index contributed by atoms with van der Waals surface area (Å²) in [5, 5.41) is 6.81. The topological polar surface area (TPSA) is 34.1 Å². The highest BCUT2D eigenvalue weighted by Gasteiger charge is 2.15. The number of nitrogens with one attached hydrogen (secondary N) is 1. The molecule has 15 heavy (non-hydrogen) atoms. The fourth-order valence-corrected chi connectivity index (χ4v) is 2.51. The van der Waals surface area contributed by atoms with Crippen LogP contribution in [0.2, 0.25) is 0 Å². The highest BCUT2D eigenvalue weighted by Crippen LogP contribution is 2.17. The van der Waals surface area contributed by atoms with Gasteiger partial charge in [-0.2, -0.15) is 0 Å². The molecule has 0 amide bonds. The third-order valence-electron chi connectivity index (χ3n) is 2.75. The molecule has 2 rings (SSSR count). The quantitative estimate of drug-likeness (QED) is 0.853. The minimum Gasteiger partial charge on any atom is -0.380 e. The van der Waals surface area contributed by atoms with Gasteiger partial charge in [-0.1, -0.05) is 6.92 Å². The Morgan fingerprint density at radius 3 is 3.33 bits per heavy atom. The van der Waals surface area contributed by atoms with Gasteiger partial charge < -0.3 is 10.1 Å². The normalized spacial score (nSPS) is 23.9. The molecule has 2 unspecified atom stereocenters. The lowest BCUT2D eigenvalue weighted by Gasteiger charge is -2.24. The molecule has 0 aromatic carbocycles. The van der Waals surface area contributed by atoms with Gasteiger partial charge in [0, 0.05) is 36.7 Å². The van der Waals surface area contributed by atoms with Gasteiger partial charge in [-0.25, -0.2) is 4.98 Å². The summed E-state index contributed by atoms with van der Waals surface area (Å²) >= 11 is 1.74. The molecule has 1 N–H and O–H groups in total. The summed E-state index contributed by atoms with van der Waals surface area (Å²) in [7, 11) is 0. The standard InChI is InChI=1S/C11H18N2OS/c1-9(11-12-4-6-15-11)7-13-10-3-2-5-14-8-10/h4,6,9-10,13H,2-3,5,7-8H2,1H3. The van der Waals surface area contributed by atoms with E-state index in [4.69, 9.17) is 4.74 Å². The van der Waals surface area contributed by atoms with Crippen molar-refractivity contribution in [3.63, 3.8) is 0 Å². The number of ether oxygens (including phenoxy) is 1. The van der Waals surface area contributed by atoms with Crippen LogP contribution in [0.5, 0.6) is 0 Å². The molecule has 0 bridgehead atoms. The zero-order valence-electron chi connectivity index (χ0n) is 9.11. The Balaban J connectivity index is 1.73. The number of aromatic nitrogens is 1. The van der Waals surface area contributed by atoms with Crippen molar-refractivity contribution in [2.45, 2.75) is 31.7 Å². The van der Waals surface area contributed by atoms with Crippen LogP contribution < -0.4 is 5.32 Å². The summed E-state index contributed by atoms with van der Waals surface area (Å²) in [6.07, 6.45) is 4.30. The monoisotopic (exact) mass is 226 g/mol. The first-order valence-corrected chi connectivity index (χ1v) is 6.44. The highest BCUT2D eigenvalue weighted by atomic mass is 32.1. The van der Waals surface area contributed by atoms with Crippen molar-refractivity contribution in [3.05, 3.63) is 16.6 Å². The lowest BCUT2D eigenvalue weighted by atomic mass is 10.1. The molecule has 0 aliphatic carbocycles. The van der Waals surface area contributed by atoms with Gasteiger partial charge in [-0.15, -0.1) is 11.3 Å². The first kappa shape index (κ1) is 11.0. The molecule has 1 fully saturated rings. The predicted octanol–water partition coefficient (Wildman–Crippen LogP) is 2.02. The van der Waals surface area contributed by atoms with Crippen LogP contribution in [0.15, 0.2) is 11.6 Å². The highest BCUT2D eigenvalue weighted by molar-refractivity contribution is 7.09. The minimum atomic E-state index is 0.506. The second-order valence-corrected chi connectivity index (χ2v) is 5.02. The van der Waals surface area contributed by atoms with Crippen molar-refractivity contribution in [2.75, 3.05) is 19.8 Å². The molecule has 2 heterocycles. The van der Waals surface area contributed by atoms with Gasteiger partial charge in [0.25, 0.3) is 0 Å². The van der Waals surface area contributed by atoms with E-state index in [0.29, 0.717) is 12.0 Å². The Labute approximate surface area is 94.9 Å². The second kappa shape index (κ2) is 5.58. The number of hydrogen-bond acceptors (Lipinski definition) is 4. The van der Waals surface area contributed by atoms with E-state index in [9.17, 15) is 0 Å². The van der Waals surface area contributed by atoms with Crippen molar-refractivity contribution < 1.29 is 4.74 Å². The zero-order valence-corrected chi connectivity index (χ0v) is 9.93. The maximum Gasteiger partial charge on any atom is 0.0965 e. The van der Waals surface area contributed by atoms with Crippen LogP contribution in [0.4, 0.5) is 0 Å². The van der Waals surface area contributed by atoms with E-state index in [1.807, 2.05) is 11.6 Å². The Kier molecular flexibility index (Phi) is 4.11. The third-order valence-corrected chi connectivity index (χ3v) is 3.75. The largest absolute Gasteiger partial charge is 0.380 e. The van der Waals surface area contributed by atoms with E-state index >= 15 is 0 Å². The van der Waals surface area contributed by atoms with E-state index in [1.54, 1.807) is 11.3 Å². The van der Waals surface area contributed by atoms with Gasteiger partial charge in [-0.3, -0.25) is 0 Å². The van der Waals surface area contributed by atoms with Gasteiger partial charge in [0.2, 0.25) is 0 Å². The Hall–Kier alpha value is -0.450. The Bertz CT molecular complexity index is 270. The first-order valence-electron chi connectivity index (χ1n) is 5.57. The lowest BCUT2D eigenvalue weighted by molar-refractivity contribution is 0.0702. The molecule has 1 aliphatic heterocycles. The average molecular weight is 226 g/mol. The molecule has 84 valence electrons. The maximum absolute atomic E-state index is 5.43. The van der Waals surface area contributed by atoms with Gasteiger partial charge in [0.05, 0.1) is 11.6 Å². The molecule has 2 atom stereocenters. The minimum absolute atomic E-state index is 0.506. The van der Waals surface area contributed by atoms with Crippen LogP contribution in [0.1, 0.15) is 30.7 Å². The maximum atomic E-state index is 5.43. The molecule has 1 aromatic rings. The smallest absolute Gasteiger partial charge is 0.0965 e. The molecule has 0 saturated carbocycles. The summed E-state index contributed by atoms with van der Waals surface area (Å²) in [6.45, 7) is 5.02. The molecule has 0 radical (unpaired) electrons. The van der Waals surface area contributed by atoms with Crippen LogP contribution in [0, 0.1) is 0 Å². The number of thiazole rings is 1. The third kappa shape index (κ3) is 3.26. The van der Waals surface area contributed by atoms with E-state index in [0.717, 1.165) is 19.8 Å². The van der Waals surface area contributed by atoms with Crippen LogP contribution in [-0.4, -0.2) is 30.8 Å². The summed E-state index contributed by atoms with van der Waals surface area (Å²) in [5.41, 5.74) is 0. The van der Waals surface area contributed by atoms with E-state index in [1.165, 1.54) is 17.8 Å². The molecule has 4 heteroatoms. The van der Waals surface area contributed by atoms with E-state index in [-0.39, 0.29) is 0 Å². The lowest BCUT2D eigenvalue weighted by Crippen LogP contribution is -2.38. The van der Waals surface area contributed by atoms with Crippen LogP contribution in [0.25, 0.3) is 0 Å². The van der Waals surface area contributed by atoms with Crippen molar-refractivity contribution in [2.24, 2.45) is 0 Å². The molecular weight excluding hydrogens is 208 g/mol. The Morgan fingerprint density at radius 1 is 1.73 bits per heavy atom. The van der Waals surface area contributed by atoms with Crippen LogP contribution in [0.3, 0.4) is 0 Å². The van der Waals surface area contributed by atoms with Crippen molar-refractivity contribution in [1.29, 1.82) is 0 Å². The van der Waals surface area contributed by atoms with Crippen molar-refractivity contribution >= 4 is 11.3 Å². The molecule has 0 spiro atoms. The number of rotatable bonds is 4. The number of hydrogen-bond donors (Lipinski definition) is 1.